The summed E-state index contributed by atoms with van der Waals surface area (Å²) in [5, 5.41) is 7.25. The Balaban J connectivity index is 1.88. The van der Waals surface area contributed by atoms with Crippen LogP contribution in [-0.2, 0) is 19.4 Å². The van der Waals surface area contributed by atoms with Gasteiger partial charge in [-0.15, -0.1) is 0 Å². The molecule has 1 heterocycles. The first-order valence-electron chi connectivity index (χ1n) is 6.74. The Bertz CT molecular complexity index is 520. The first kappa shape index (κ1) is 13.7. The highest BCUT2D eigenvalue weighted by Crippen LogP contribution is 2.10. The predicted octanol–water partition coefficient (Wildman–Crippen LogP) is 2.66. The number of rotatable bonds is 6. The van der Waals surface area contributed by atoms with Crippen molar-refractivity contribution in [2.75, 3.05) is 0 Å². The van der Waals surface area contributed by atoms with Crippen LogP contribution in [0.1, 0.15) is 36.7 Å². The van der Waals surface area contributed by atoms with Crippen molar-refractivity contribution in [2.24, 2.45) is 0 Å². The highest BCUT2D eigenvalue weighted by atomic mass is 16.5. The van der Waals surface area contributed by atoms with Crippen molar-refractivity contribution in [2.45, 2.75) is 46.2 Å². The molecule has 0 saturated carbocycles. The van der Waals surface area contributed by atoms with Crippen molar-refractivity contribution in [3.05, 3.63) is 47.1 Å². The first-order chi connectivity index (χ1) is 9.15. The molecule has 0 fully saturated rings. The van der Waals surface area contributed by atoms with Gasteiger partial charge in [-0.1, -0.05) is 43.3 Å². The zero-order valence-electron chi connectivity index (χ0n) is 11.8. The standard InChI is InChI=1S/C15H21N3O/c1-11(2)16-10-14-17-15(19-18-14)9-8-13-7-5-4-6-12(13)3/h4-7,11,16H,8-10H2,1-3H3. The van der Waals surface area contributed by atoms with Gasteiger partial charge in [0, 0.05) is 12.5 Å². The predicted molar refractivity (Wildman–Crippen MR) is 74.9 cm³/mol. The number of aryl methyl sites for hydroxylation is 3. The van der Waals surface area contributed by atoms with E-state index >= 15 is 0 Å². The molecule has 1 aromatic carbocycles. The third kappa shape index (κ3) is 4.17. The van der Waals surface area contributed by atoms with Gasteiger partial charge < -0.3 is 9.84 Å². The van der Waals surface area contributed by atoms with Crippen LogP contribution in [0.5, 0.6) is 0 Å². The van der Waals surface area contributed by atoms with Gasteiger partial charge in [0.05, 0.1) is 6.54 Å². The Morgan fingerprint density at radius 1 is 1.21 bits per heavy atom. The molecule has 0 aliphatic heterocycles. The summed E-state index contributed by atoms with van der Waals surface area (Å²) in [6, 6.07) is 8.82. The first-order valence-corrected chi connectivity index (χ1v) is 6.74. The second-order valence-corrected chi connectivity index (χ2v) is 5.07. The summed E-state index contributed by atoms with van der Waals surface area (Å²) in [6.45, 7) is 6.98. The molecule has 102 valence electrons. The summed E-state index contributed by atoms with van der Waals surface area (Å²) in [6.07, 6.45) is 1.73. The Labute approximate surface area is 114 Å². The second kappa shape index (κ2) is 6.48. The van der Waals surface area contributed by atoms with Gasteiger partial charge >= 0.3 is 0 Å². The number of hydrogen-bond acceptors (Lipinski definition) is 4. The molecule has 4 heteroatoms. The van der Waals surface area contributed by atoms with E-state index in [-0.39, 0.29) is 0 Å². The summed E-state index contributed by atoms with van der Waals surface area (Å²) in [7, 11) is 0. The lowest BCUT2D eigenvalue weighted by molar-refractivity contribution is 0.370. The van der Waals surface area contributed by atoms with Crippen molar-refractivity contribution < 1.29 is 4.52 Å². The monoisotopic (exact) mass is 259 g/mol. The Morgan fingerprint density at radius 3 is 2.74 bits per heavy atom. The number of benzene rings is 1. The van der Waals surface area contributed by atoms with Gasteiger partial charge in [-0.3, -0.25) is 0 Å². The molecule has 0 radical (unpaired) electrons. The zero-order chi connectivity index (χ0) is 13.7. The van der Waals surface area contributed by atoms with Gasteiger partial charge in [-0.2, -0.15) is 4.98 Å². The van der Waals surface area contributed by atoms with E-state index in [2.05, 4.69) is 60.5 Å². The van der Waals surface area contributed by atoms with Gasteiger partial charge in [0.25, 0.3) is 0 Å². The smallest absolute Gasteiger partial charge is 0.227 e. The lowest BCUT2D eigenvalue weighted by atomic mass is 10.0. The number of hydrogen-bond donors (Lipinski definition) is 1. The summed E-state index contributed by atoms with van der Waals surface area (Å²) in [5.41, 5.74) is 2.64. The average Bonchev–Trinajstić information content (AvgIpc) is 2.83. The van der Waals surface area contributed by atoms with E-state index in [9.17, 15) is 0 Å². The maximum atomic E-state index is 5.26. The molecular formula is C15H21N3O. The van der Waals surface area contributed by atoms with Crippen molar-refractivity contribution in [3.63, 3.8) is 0 Å². The minimum absolute atomic E-state index is 0.425. The highest BCUT2D eigenvalue weighted by molar-refractivity contribution is 5.25. The lowest BCUT2D eigenvalue weighted by Crippen LogP contribution is -2.22. The maximum Gasteiger partial charge on any atom is 0.227 e. The van der Waals surface area contributed by atoms with E-state index in [4.69, 9.17) is 4.52 Å². The second-order valence-electron chi connectivity index (χ2n) is 5.07. The molecule has 0 saturated heterocycles. The molecule has 19 heavy (non-hydrogen) atoms. The molecule has 2 aromatic rings. The van der Waals surface area contributed by atoms with E-state index < -0.39 is 0 Å². The third-order valence-electron chi connectivity index (χ3n) is 3.05. The largest absolute Gasteiger partial charge is 0.339 e. The van der Waals surface area contributed by atoms with Gasteiger partial charge in [-0.05, 0) is 24.5 Å². The van der Waals surface area contributed by atoms with Crippen LogP contribution in [0.2, 0.25) is 0 Å². The summed E-state index contributed by atoms with van der Waals surface area (Å²) < 4.78 is 5.26. The number of aromatic nitrogens is 2. The van der Waals surface area contributed by atoms with Crippen LogP contribution >= 0.6 is 0 Å². The number of nitrogens with zero attached hydrogens (tertiary/aromatic N) is 2. The topological polar surface area (TPSA) is 51.0 Å². The third-order valence-corrected chi connectivity index (χ3v) is 3.05. The van der Waals surface area contributed by atoms with E-state index in [1.165, 1.54) is 11.1 Å². The highest BCUT2D eigenvalue weighted by Gasteiger charge is 2.07. The van der Waals surface area contributed by atoms with Crippen LogP contribution in [-0.4, -0.2) is 16.2 Å². The van der Waals surface area contributed by atoms with Gasteiger partial charge in [0.1, 0.15) is 0 Å². The van der Waals surface area contributed by atoms with Gasteiger partial charge in [0.2, 0.25) is 5.89 Å². The van der Waals surface area contributed by atoms with Crippen molar-refractivity contribution in [1.82, 2.24) is 15.5 Å². The van der Waals surface area contributed by atoms with Crippen LogP contribution in [0.25, 0.3) is 0 Å². The summed E-state index contributed by atoms with van der Waals surface area (Å²) in [5.74, 6) is 1.44. The van der Waals surface area contributed by atoms with Crippen LogP contribution in [0.15, 0.2) is 28.8 Å². The molecule has 0 aliphatic carbocycles. The fourth-order valence-electron chi connectivity index (χ4n) is 1.89. The minimum Gasteiger partial charge on any atom is -0.339 e. The van der Waals surface area contributed by atoms with Crippen LogP contribution in [0, 0.1) is 6.92 Å². The SMILES string of the molecule is Cc1ccccc1CCc1nc(CNC(C)C)no1. The lowest BCUT2D eigenvalue weighted by Gasteiger charge is -2.03. The van der Waals surface area contributed by atoms with Crippen molar-refractivity contribution >= 4 is 0 Å². The molecule has 0 amide bonds. The molecule has 2 rings (SSSR count). The normalized spacial score (nSPS) is 11.2. The zero-order valence-corrected chi connectivity index (χ0v) is 11.8. The quantitative estimate of drug-likeness (QED) is 0.866. The Morgan fingerprint density at radius 2 is 2.00 bits per heavy atom. The van der Waals surface area contributed by atoms with E-state index in [1.807, 2.05) is 0 Å². The van der Waals surface area contributed by atoms with Crippen LogP contribution < -0.4 is 5.32 Å². The Kier molecular flexibility index (Phi) is 4.68. The Hall–Kier alpha value is -1.68. The maximum absolute atomic E-state index is 5.26. The molecule has 0 bridgehead atoms. The molecule has 0 unspecified atom stereocenters. The molecule has 0 spiro atoms. The van der Waals surface area contributed by atoms with Crippen LogP contribution in [0.4, 0.5) is 0 Å². The summed E-state index contributed by atoms with van der Waals surface area (Å²) >= 11 is 0. The molecular weight excluding hydrogens is 238 g/mol. The molecule has 0 aliphatic rings. The molecule has 1 aromatic heterocycles. The molecule has 1 N–H and O–H groups in total. The van der Waals surface area contributed by atoms with E-state index in [0.29, 0.717) is 18.5 Å². The fraction of sp³-hybridized carbons (Fsp3) is 0.467. The van der Waals surface area contributed by atoms with E-state index in [0.717, 1.165) is 18.7 Å². The van der Waals surface area contributed by atoms with Crippen LogP contribution in [0.3, 0.4) is 0 Å². The molecule has 4 nitrogen and oxygen atoms in total. The average molecular weight is 259 g/mol. The van der Waals surface area contributed by atoms with Crippen molar-refractivity contribution in [1.29, 1.82) is 0 Å². The van der Waals surface area contributed by atoms with Gasteiger partial charge in [0.15, 0.2) is 5.82 Å². The minimum atomic E-state index is 0.425. The molecule has 0 atom stereocenters. The number of nitrogens with one attached hydrogen (secondary N) is 1. The van der Waals surface area contributed by atoms with Crippen molar-refractivity contribution in [3.8, 4) is 0 Å². The van der Waals surface area contributed by atoms with E-state index in [1.54, 1.807) is 0 Å². The van der Waals surface area contributed by atoms with Gasteiger partial charge in [-0.25, -0.2) is 0 Å². The summed E-state index contributed by atoms with van der Waals surface area (Å²) in [4.78, 5) is 4.39. The fourth-order valence-corrected chi connectivity index (χ4v) is 1.89.